The zero-order valence-corrected chi connectivity index (χ0v) is 15.6. The number of aromatic nitrogens is 1. The standard InChI is InChI=1S/C20H15Cl2FN2O/c1-12-7-16(23)3-4-17(12)18-5-6-24-11-19(18)25(2)20(26)13-8-14(21)10-15(22)9-13/h3-11H,1-2H3. The summed E-state index contributed by atoms with van der Waals surface area (Å²) in [4.78, 5) is 18.5. The first-order valence-corrected chi connectivity index (χ1v) is 8.57. The Morgan fingerprint density at radius 3 is 2.38 bits per heavy atom. The largest absolute Gasteiger partial charge is 0.309 e. The summed E-state index contributed by atoms with van der Waals surface area (Å²) in [7, 11) is 1.65. The number of carbonyl (C=O) groups excluding carboxylic acids is 1. The molecule has 0 saturated carbocycles. The van der Waals surface area contributed by atoms with Crippen molar-refractivity contribution < 1.29 is 9.18 Å². The van der Waals surface area contributed by atoms with E-state index in [0.717, 1.165) is 16.7 Å². The van der Waals surface area contributed by atoms with Crippen LogP contribution in [0.4, 0.5) is 10.1 Å². The molecular formula is C20H15Cl2FN2O. The van der Waals surface area contributed by atoms with Gasteiger partial charge in [-0.15, -0.1) is 0 Å². The Kier molecular flexibility index (Phi) is 5.25. The van der Waals surface area contributed by atoms with Gasteiger partial charge in [0.25, 0.3) is 5.91 Å². The van der Waals surface area contributed by atoms with Gasteiger partial charge in [0.1, 0.15) is 5.82 Å². The van der Waals surface area contributed by atoms with E-state index in [4.69, 9.17) is 23.2 Å². The minimum Gasteiger partial charge on any atom is -0.309 e. The van der Waals surface area contributed by atoms with Crippen molar-refractivity contribution in [1.29, 1.82) is 0 Å². The molecule has 3 nitrogen and oxygen atoms in total. The molecule has 26 heavy (non-hydrogen) atoms. The minimum atomic E-state index is -0.306. The fourth-order valence-corrected chi connectivity index (χ4v) is 3.32. The summed E-state index contributed by atoms with van der Waals surface area (Å²) < 4.78 is 13.4. The number of halogens is 3. The molecule has 1 heterocycles. The van der Waals surface area contributed by atoms with Gasteiger partial charge >= 0.3 is 0 Å². The van der Waals surface area contributed by atoms with Gasteiger partial charge in [0, 0.05) is 34.4 Å². The van der Waals surface area contributed by atoms with Crippen LogP contribution in [0.2, 0.25) is 10.0 Å². The van der Waals surface area contributed by atoms with Crippen LogP contribution in [0.3, 0.4) is 0 Å². The summed E-state index contributed by atoms with van der Waals surface area (Å²) >= 11 is 12.0. The molecule has 0 fully saturated rings. The monoisotopic (exact) mass is 388 g/mol. The van der Waals surface area contributed by atoms with Crippen LogP contribution in [-0.4, -0.2) is 17.9 Å². The van der Waals surface area contributed by atoms with E-state index in [1.807, 2.05) is 6.92 Å². The van der Waals surface area contributed by atoms with Gasteiger partial charge < -0.3 is 4.90 Å². The van der Waals surface area contributed by atoms with E-state index in [1.54, 1.807) is 49.8 Å². The first kappa shape index (κ1) is 18.4. The fraction of sp³-hybridized carbons (Fsp3) is 0.100. The number of hydrogen-bond donors (Lipinski definition) is 0. The maximum Gasteiger partial charge on any atom is 0.258 e. The normalized spacial score (nSPS) is 10.7. The molecule has 0 saturated heterocycles. The van der Waals surface area contributed by atoms with E-state index in [0.29, 0.717) is 21.3 Å². The van der Waals surface area contributed by atoms with Gasteiger partial charge in [-0.25, -0.2) is 4.39 Å². The van der Waals surface area contributed by atoms with Crippen LogP contribution in [0.15, 0.2) is 54.9 Å². The summed E-state index contributed by atoms with van der Waals surface area (Å²) in [5.74, 6) is -0.580. The van der Waals surface area contributed by atoms with Crippen LogP contribution < -0.4 is 4.90 Å². The Bertz CT molecular complexity index is 971. The number of anilines is 1. The molecule has 3 rings (SSSR count). The van der Waals surface area contributed by atoms with Crippen molar-refractivity contribution in [3.63, 3.8) is 0 Å². The fourth-order valence-electron chi connectivity index (χ4n) is 2.79. The van der Waals surface area contributed by atoms with Gasteiger partial charge in [0.15, 0.2) is 0 Å². The molecular weight excluding hydrogens is 374 g/mol. The number of carbonyl (C=O) groups is 1. The van der Waals surface area contributed by atoms with Crippen LogP contribution in [0.25, 0.3) is 11.1 Å². The van der Waals surface area contributed by atoms with Gasteiger partial charge in [-0.3, -0.25) is 9.78 Å². The van der Waals surface area contributed by atoms with Crippen molar-refractivity contribution in [3.05, 3.63) is 81.8 Å². The third kappa shape index (κ3) is 3.71. The lowest BCUT2D eigenvalue weighted by atomic mass is 9.99. The molecule has 0 bridgehead atoms. The molecule has 0 aliphatic heterocycles. The molecule has 0 aliphatic carbocycles. The lowest BCUT2D eigenvalue weighted by Crippen LogP contribution is -2.27. The highest BCUT2D eigenvalue weighted by molar-refractivity contribution is 6.35. The van der Waals surface area contributed by atoms with Gasteiger partial charge in [-0.2, -0.15) is 0 Å². The Hall–Kier alpha value is -2.43. The number of pyridine rings is 1. The summed E-state index contributed by atoms with van der Waals surface area (Å²) in [6, 6.07) is 11.0. The van der Waals surface area contributed by atoms with Crippen LogP contribution in [0.5, 0.6) is 0 Å². The lowest BCUT2D eigenvalue weighted by molar-refractivity contribution is 0.0993. The molecule has 132 valence electrons. The number of aryl methyl sites for hydroxylation is 1. The SMILES string of the molecule is Cc1cc(F)ccc1-c1ccncc1N(C)C(=O)c1cc(Cl)cc(Cl)c1. The molecule has 0 atom stereocenters. The third-order valence-corrected chi connectivity index (χ3v) is 4.49. The van der Waals surface area contributed by atoms with Gasteiger partial charge in [-0.1, -0.05) is 29.3 Å². The van der Waals surface area contributed by atoms with E-state index < -0.39 is 0 Å². The molecule has 0 unspecified atom stereocenters. The summed E-state index contributed by atoms with van der Waals surface area (Å²) in [5, 5.41) is 0.769. The quantitative estimate of drug-likeness (QED) is 0.569. The Labute approximate surface area is 161 Å². The third-order valence-electron chi connectivity index (χ3n) is 4.05. The van der Waals surface area contributed by atoms with Crippen molar-refractivity contribution in [2.45, 2.75) is 6.92 Å². The number of nitrogens with zero attached hydrogens (tertiary/aromatic N) is 2. The maximum absolute atomic E-state index is 13.4. The Balaban J connectivity index is 2.05. The average Bonchev–Trinajstić information content (AvgIpc) is 2.60. The van der Waals surface area contributed by atoms with Crippen LogP contribution in [-0.2, 0) is 0 Å². The van der Waals surface area contributed by atoms with Gasteiger partial charge in [0.2, 0.25) is 0 Å². The summed E-state index contributed by atoms with van der Waals surface area (Å²) in [5.41, 5.74) is 3.34. The topological polar surface area (TPSA) is 33.2 Å². The molecule has 1 aromatic heterocycles. The predicted octanol–water partition coefficient (Wildman–Crippen LogP) is 5.78. The highest BCUT2D eigenvalue weighted by Crippen LogP contribution is 2.33. The van der Waals surface area contributed by atoms with Gasteiger partial charge in [-0.05, 0) is 54.4 Å². The smallest absolute Gasteiger partial charge is 0.258 e. The highest BCUT2D eigenvalue weighted by Gasteiger charge is 2.19. The van der Waals surface area contributed by atoms with Crippen molar-refractivity contribution in [3.8, 4) is 11.1 Å². The van der Waals surface area contributed by atoms with Crippen LogP contribution in [0.1, 0.15) is 15.9 Å². The summed E-state index contributed by atoms with van der Waals surface area (Å²) in [6.45, 7) is 1.82. The average molecular weight is 389 g/mol. The van der Waals surface area contributed by atoms with Crippen molar-refractivity contribution in [2.75, 3.05) is 11.9 Å². The molecule has 0 spiro atoms. The first-order valence-electron chi connectivity index (χ1n) is 7.81. The molecule has 3 aromatic rings. The Morgan fingerprint density at radius 2 is 1.73 bits per heavy atom. The zero-order valence-electron chi connectivity index (χ0n) is 14.1. The second kappa shape index (κ2) is 7.44. The molecule has 0 radical (unpaired) electrons. The van der Waals surface area contributed by atoms with E-state index in [-0.39, 0.29) is 11.7 Å². The van der Waals surface area contributed by atoms with Gasteiger partial charge in [0.05, 0.1) is 11.9 Å². The van der Waals surface area contributed by atoms with Crippen molar-refractivity contribution in [1.82, 2.24) is 4.98 Å². The van der Waals surface area contributed by atoms with E-state index in [9.17, 15) is 9.18 Å². The molecule has 0 N–H and O–H groups in total. The first-order chi connectivity index (χ1) is 12.4. The second-order valence-corrected chi connectivity index (χ2v) is 6.75. The molecule has 6 heteroatoms. The zero-order chi connectivity index (χ0) is 18.8. The van der Waals surface area contributed by atoms with Crippen molar-refractivity contribution in [2.24, 2.45) is 0 Å². The van der Waals surface area contributed by atoms with E-state index >= 15 is 0 Å². The van der Waals surface area contributed by atoms with E-state index in [1.165, 1.54) is 17.0 Å². The molecule has 1 amide bonds. The second-order valence-electron chi connectivity index (χ2n) is 5.87. The highest BCUT2D eigenvalue weighted by atomic mass is 35.5. The number of rotatable bonds is 3. The molecule has 0 aliphatic rings. The lowest BCUT2D eigenvalue weighted by Gasteiger charge is -2.21. The number of benzene rings is 2. The maximum atomic E-state index is 13.4. The Morgan fingerprint density at radius 1 is 1.04 bits per heavy atom. The van der Waals surface area contributed by atoms with Crippen LogP contribution in [0, 0.1) is 12.7 Å². The van der Waals surface area contributed by atoms with Crippen molar-refractivity contribution >= 4 is 34.8 Å². The predicted molar refractivity (Wildman–Crippen MR) is 104 cm³/mol. The van der Waals surface area contributed by atoms with Crippen LogP contribution >= 0.6 is 23.2 Å². The number of amides is 1. The molecule has 2 aromatic carbocycles. The van der Waals surface area contributed by atoms with E-state index in [2.05, 4.69) is 4.98 Å². The number of hydrogen-bond acceptors (Lipinski definition) is 2. The minimum absolute atomic E-state index is 0.275. The summed E-state index contributed by atoms with van der Waals surface area (Å²) in [6.07, 6.45) is 3.23.